The van der Waals surface area contributed by atoms with Crippen molar-refractivity contribution in [1.29, 1.82) is 0 Å². The average Bonchev–Trinajstić information content (AvgIpc) is 3.13. The van der Waals surface area contributed by atoms with E-state index in [1.165, 1.54) is 0 Å². The van der Waals surface area contributed by atoms with E-state index >= 15 is 0 Å². The Morgan fingerprint density at radius 3 is 2.36 bits per heavy atom. The number of carbonyl (C=O) groups is 1. The second-order valence-electron chi connectivity index (χ2n) is 5.17. The van der Waals surface area contributed by atoms with Gasteiger partial charge in [-0.05, 0) is 17.6 Å². The van der Waals surface area contributed by atoms with E-state index in [0.717, 1.165) is 0 Å². The number of ketones is 1. The number of carbonyl (C=O) groups excluding carboxylic acids is 1. The summed E-state index contributed by atoms with van der Waals surface area (Å²) in [5.41, 5.74) is -4.24. The van der Waals surface area contributed by atoms with Crippen LogP contribution in [0.5, 0.6) is 0 Å². The summed E-state index contributed by atoms with van der Waals surface area (Å²) in [7, 11) is -5.11. The lowest BCUT2D eigenvalue weighted by Gasteiger charge is -2.12. The molecule has 0 spiro atoms. The van der Waals surface area contributed by atoms with Gasteiger partial charge in [-0.2, -0.15) is 21.6 Å². The van der Waals surface area contributed by atoms with Gasteiger partial charge in [0.05, 0.1) is 17.9 Å². The monoisotopic (exact) mass is 424 g/mol. The molecule has 3 rings (SSSR count). The lowest BCUT2D eigenvalue weighted by Crippen LogP contribution is -2.16. The van der Waals surface area contributed by atoms with Crippen LogP contribution in [0.25, 0.3) is 0 Å². The van der Waals surface area contributed by atoms with Gasteiger partial charge in [0.15, 0.2) is 8.93 Å². The fourth-order valence-corrected chi connectivity index (χ4v) is 2.95. The topological polar surface area (TPSA) is 95.7 Å². The van der Waals surface area contributed by atoms with Crippen LogP contribution in [0.15, 0.2) is 66.0 Å². The van der Waals surface area contributed by atoms with Crippen LogP contribution in [-0.2, 0) is 35.8 Å². The van der Waals surface area contributed by atoms with E-state index in [1.54, 1.807) is 0 Å². The molecule has 1 unspecified atom stereocenters. The number of hydrogen-bond acceptors (Lipinski definition) is 6. The molecule has 0 radical (unpaired) electrons. The van der Waals surface area contributed by atoms with Crippen molar-refractivity contribution < 1.29 is 50.5 Å². The molecule has 28 heavy (non-hydrogen) atoms. The summed E-state index contributed by atoms with van der Waals surface area (Å²) in [5, 5.41) is 0. The third kappa shape index (κ3) is 4.28. The van der Waals surface area contributed by atoms with Crippen molar-refractivity contribution in [1.82, 2.24) is 0 Å². The molecular formula is C18H14F3NO5S. The molecule has 6 nitrogen and oxygen atoms in total. The Bertz CT molecular complexity index is 1490. The predicted octanol–water partition coefficient (Wildman–Crippen LogP) is 3.02. The normalized spacial score (nSPS) is 22.9. The molecule has 0 fully saturated rings. The van der Waals surface area contributed by atoms with E-state index in [0.29, 0.717) is 0 Å². The Morgan fingerprint density at radius 1 is 1.14 bits per heavy atom. The van der Waals surface area contributed by atoms with Gasteiger partial charge in [-0.25, -0.2) is 0 Å². The Labute approximate surface area is 174 Å². The van der Waals surface area contributed by atoms with E-state index in [4.69, 9.17) is 19.9 Å². The van der Waals surface area contributed by atoms with Crippen molar-refractivity contribution in [2.45, 2.75) is 18.0 Å². The van der Waals surface area contributed by atoms with Crippen molar-refractivity contribution in [3.8, 4) is 0 Å². The van der Waals surface area contributed by atoms with Gasteiger partial charge >= 0.3 is 16.3 Å². The number of rotatable bonds is 6. The van der Waals surface area contributed by atoms with Crippen molar-refractivity contribution in [3.05, 3.63) is 82.7 Å². The van der Waals surface area contributed by atoms with Gasteiger partial charge in [0, 0.05) is 5.56 Å². The smallest absolute Gasteiger partial charge is 0.416 e. The number of nitrogens with two attached hydrogens (primary N) is 1. The van der Waals surface area contributed by atoms with Crippen LogP contribution in [-0.4, -0.2) is 14.2 Å². The zero-order chi connectivity index (χ0) is 29.9. The maximum absolute atomic E-state index is 13.3. The van der Waals surface area contributed by atoms with Crippen molar-refractivity contribution >= 4 is 15.9 Å². The zero-order valence-corrected chi connectivity index (χ0v) is 14.1. The van der Waals surface area contributed by atoms with Crippen LogP contribution in [0.1, 0.15) is 35.1 Å². The summed E-state index contributed by atoms with van der Waals surface area (Å²) in [6.07, 6.45) is -7.67. The van der Waals surface area contributed by atoms with Gasteiger partial charge in [-0.1, -0.05) is 42.3 Å². The molecule has 1 heterocycles. The van der Waals surface area contributed by atoms with Crippen molar-refractivity contribution in [2.75, 3.05) is 0 Å². The standard InChI is InChI=1S/C18H14F3NO5S/c19-18(20,21)13-8-6-12(7-9-13)15-14(23)16(17(22)26-15)27-28(24,25)10-11-4-2-1-3-5-11/h1-9,15H,10,22H2/i1D,2D,3D,4D,5D,6D,7D,8D,9D/hD2. The number of alkyl halides is 3. The molecule has 1 aliphatic heterocycles. The maximum atomic E-state index is 13.3. The molecule has 2 N–H and O–H groups in total. The first kappa shape index (κ1) is 9.97. The second kappa shape index (κ2) is 7.19. The summed E-state index contributed by atoms with van der Waals surface area (Å²) in [5.74, 6) is -5.69. The van der Waals surface area contributed by atoms with Crippen LogP contribution < -0.4 is 5.72 Å². The lowest BCUT2D eigenvalue weighted by molar-refractivity contribution is -0.137. The van der Waals surface area contributed by atoms with Gasteiger partial charge in [0.25, 0.3) is 0 Å². The maximum Gasteiger partial charge on any atom is 0.416 e. The first-order valence-electron chi connectivity index (χ1n) is 12.5. The third-order valence-corrected chi connectivity index (χ3v) is 4.22. The fourth-order valence-electron chi connectivity index (χ4n) is 1.99. The molecule has 2 aromatic rings. The number of halogens is 3. The fraction of sp³-hybridized carbons (Fsp3) is 0.167. The van der Waals surface area contributed by atoms with Gasteiger partial charge < -0.3 is 14.6 Å². The Kier molecular flexibility index (Phi) is 2.56. The minimum atomic E-state index is -5.31. The number of hydrogen-bond donors (Lipinski definition) is 1. The molecule has 0 saturated heterocycles. The highest BCUT2D eigenvalue weighted by atomic mass is 32.2. The molecule has 2 aromatic carbocycles. The van der Waals surface area contributed by atoms with Crippen LogP contribution in [0.3, 0.4) is 0 Å². The quantitative estimate of drug-likeness (QED) is 0.717. The average molecular weight is 424 g/mol. The zero-order valence-electron chi connectivity index (χ0n) is 24.3. The highest BCUT2D eigenvalue weighted by Gasteiger charge is 2.40. The van der Waals surface area contributed by atoms with Gasteiger partial charge in [-0.15, -0.1) is 0 Å². The molecule has 0 amide bonds. The minimum absolute atomic E-state index is 0.464. The second-order valence-corrected chi connectivity index (χ2v) is 6.74. The van der Waals surface area contributed by atoms with E-state index in [1.807, 2.05) is 0 Å². The van der Waals surface area contributed by atoms with Gasteiger partial charge in [0.1, 0.15) is 5.75 Å². The van der Waals surface area contributed by atoms with Crippen molar-refractivity contribution in [3.63, 3.8) is 0 Å². The highest BCUT2D eigenvalue weighted by molar-refractivity contribution is 7.86. The number of ether oxygens (including phenoxy) is 1. The van der Waals surface area contributed by atoms with E-state index in [-0.39, 0.29) is 0 Å². The van der Waals surface area contributed by atoms with Crippen LogP contribution >= 0.6 is 0 Å². The number of benzene rings is 2. The first-order valence-corrected chi connectivity index (χ1v) is 8.69. The Balaban J connectivity index is 2.07. The summed E-state index contributed by atoms with van der Waals surface area (Å²) in [4.78, 5) is 13.0. The predicted molar refractivity (Wildman–Crippen MR) is 91.6 cm³/mol. The molecule has 148 valence electrons. The highest BCUT2D eigenvalue weighted by Crippen LogP contribution is 2.35. The van der Waals surface area contributed by atoms with Crippen LogP contribution in [0.4, 0.5) is 13.2 Å². The van der Waals surface area contributed by atoms with E-state index in [2.05, 4.69) is 4.18 Å². The molecule has 1 atom stereocenters. The van der Waals surface area contributed by atoms with E-state index in [9.17, 15) is 26.4 Å². The lowest BCUT2D eigenvalue weighted by atomic mass is 10.0. The SMILES string of the molecule is [2H]c1c([2H])c([2H])c(CS(=O)(=O)OC2=C(N([2H])[2H])OC(c3c([2H])c([2H])c(C(F)(F)F)c([2H])c3[2H])C2=O)c([2H])c1[2H]. The van der Waals surface area contributed by atoms with Gasteiger partial charge in [-0.3, -0.25) is 4.79 Å². The molecule has 0 aliphatic carbocycles. The molecule has 0 bridgehead atoms. The van der Waals surface area contributed by atoms with Crippen molar-refractivity contribution in [2.24, 2.45) is 5.72 Å². The molecule has 0 aromatic heterocycles. The molecule has 10 heteroatoms. The molecule has 0 saturated carbocycles. The Morgan fingerprint density at radius 2 is 1.79 bits per heavy atom. The molecule has 1 aliphatic rings. The first-order chi connectivity index (χ1) is 17.7. The van der Waals surface area contributed by atoms with Gasteiger partial charge in [0.2, 0.25) is 17.4 Å². The largest absolute Gasteiger partial charge is 0.460 e. The summed E-state index contributed by atoms with van der Waals surface area (Å²) < 4.78 is 159. The van der Waals surface area contributed by atoms with Crippen LogP contribution in [0.2, 0.25) is 2.82 Å². The number of Topliss-reactive ketones (excluding diaryl/α,β-unsaturated/α-hetero) is 1. The molecular weight excluding hydrogens is 399 g/mol. The Hall–Kier alpha value is -3.01. The summed E-state index contributed by atoms with van der Waals surface area (Å²) >= 11 is 0. The summed E-state index contributed by atoms with van der Waals surface area (Å²) in [6, 6.07) is -10.3. The minimum Gasteiger partial charge on any atom is -0.460 e. The summed E-state index contributed by atoms with van der Waals surface area (Å²) in [6.45, 7) is 0. The van der Waals surface area contributed by atoms with E-state index < -0.39 is 122 Å². The van der Waals surface area contributed by atoms with Crippen LogP contribution in [0, 0.1) is 0 Å². The third-order valence-electron chi connectivity index (χ3n) is 3.16.